The summed E-state index contributed by atoms with van der Waals surface area (Å²) in [6.45, 7) is 9.74. The monoisotopic (exact) mass is 313 g/mol. The number of benzene rings is 1. The Bertz CT molecular complexity index is 614. The minimum absolute atomic E-state index is 0.376. The Morgan fingerprint density at radius 2 is 1.65 bits per heavy atom. The number of ether oxygens (including phenoxy) is 1. The number of hydrogen-bond donors (Lipinski definition) is 0. The van der Waals surface area contributed by atoms with Crippen molar-refractivity contribution in [3.8, 4) is 6.07 Å². The molecule has 0 bridgehead atoms. The summed E-state index contributed by atoms with van der Waals surface area (Å²) in [6.07, 6.45) is 2.00. The molecule has 0 unspecified atom stereocenters. The third-order valence-corrected chi connectivity index (χ3v) is 5.32. The van der Waals surface area contributed by atoms with Crippen LogP contribution in [0.4, 0.5) is 0 Å². The molecule has 1 aromatic rings. The second-order valence-corrected chi connectivity index (χ2v) is 7.48. The predicted octanol–water partition coefficient (Wildman–Crippen LogP) is 2.75. The predicted molar refractivity (Wildman–Crippen MR) is 89.7 cm³/mol. The molecule has 1 aromatic carbocycles. The summed E-state index contributed by atoms with van der Waals surface area (Å²) in [5.41, 5.74) is 2.04. The summed E-state index contributed by atoms with van der Waals surface area (Å²) in [6, 6.07) is 8.28. The fourth-order valence-electron chi connectivity index (χ4n) is 3.12. The van der Waals surface area contributed by atoms with E-state index in [-0.39, 0.29) is 11.2 Å². The average Bonchev–Trinajstić information content (AvgIpc) is 2.76. The molecule has 4 nitrogen and oxygen atoms in total. The van der Waals surface area contributed by atoms with Crippen molar-refractivity contribution in [3.63, 3.8) is 0 Å². The van der Waals surface area contributed by atoms with Crippen molar-refractivity contribution in [2.75, 3.05) is 13.2 Å². The quantitative estimate of drug-likeness (QED) is 0.788. The maximum atomic E-state index is 9.38. The second kappa shape index (κ2) is 5.94. The van der Waals surface area contributed by atoms with Crippen molar-refractivity contribution in [1.82, 2.24) is 0 Å². The molecule has 2 fully saturated rings. The summed E-state index contributed by atoms with van der Waals surface area (Å²) in [4.78, 5) is 0. The van der Waals surface area contributed by atoms with Gasteiger partial charge in [-0.1, -0.05) is 6.07 Å². The van der Waals surface area contributed by atoms with Gasteiger partial charge in [-0.15, -0.1) is 0 Å². The lowest BCUT2D eigenvalue weighted by atomic mass is 9.75. The van der Waals surface area contributed by atoms with E-state index in [0.717, 1.165) is 31.5 Å². The van der Waals surface area contributed by atoms with E-state index in [1.807, 2.05) is 39.8 Å². The highest BCUT2D eigenvalue weighted by Gasteiger charge is 2.51. The van der Waals surface area contributed by atoms with Gasteiger partial charge in [0.1, 0.15) is 0 Å². The van der Waals surface area contributed by atoms with Gasteiger partial charge in [0.25, 0.3) is 0 Å². The lowest BCUT2D eigenvalue weighted by Gasteiger charge is -2.32. The van der Waals surface area contributed by atoms with Crippen LogP contribution in [0.3, 0.4) is 0 Å². The molecule has 3 rings (SSSR count). The Morgan fingerprint density at radius 3 is 2.22 bits per heavy atom. The van der Waals surface area contributed by atoms with Crippen molar-refractivity contribution in [3.05, 3.63) is 29.3 Å². The highest BCUT2D eigenvalue weighted by Crippen LogP contribution is 2.37. The second-order valence-electron chi connectivity index (χ2n) is 7.48. The summed E-state index contributed by atoms with van der Waals surface area (Å²) >= 11 is 0. The maximum absolute atomic E-state index is 9.38. The molecule has 2 heterocycles. The van der Waals surface area contributed by atoms with Crippen molar-refractivity contribution in [2.45, 2.75) is 57.7 Å². The third-order valence-electron chi connectivity index (χ3n) is 5.32. The topological polar surface area (TPSA) is 51.5 Å². The van der Waals surface area contributed by atoms with Crippen LogP contribution in [0.25, 0.3) is 0 Å². The standard InChI is InChI=1S/C18H24BNO3/c1-17(2)18(3,4)23-19(22-17)16-10-13(12-20)9-15(11-16)14-5-7-21-8-6-14/h9-11,14H,5-8H2,1-4H3. The van der Waals surface area contributed by atoms with Crippen LogP contribution in [0.2, 0.25) is 0 Å². The molecule has 5 heteroatoms. The molecule has 0 aliphatic carbocycles. The van der Waals surface area contributed by atoms with Crippen LogP contribution in [-0.2, 0) is 14.0 Å². The Labute approximate surface area is 138 Å². The summed E-state index contributed by atoms with van der Waals surface area (Å²) in [5, 5.41) is 9.38. The zero-order valence-electron chi connectivity index (χ0n) is 14.4. The van der Waals surface area contributed by atoms with Gasteiger partial charge in [-0.2, -0.15) is 5.26 Å². The van der Waals surface area contributed by atoms with Crippen LogP contribution in [0.5, 0.6) is 0 Å². The maximum Gasteiger partial charge on any atom is 0.494 e. The zero-order valence-corrected chi connectivity index (χ0v) is 14.4. The van der Waals surface area contributed by atoms with Gasteiger partial charge in [0, 0.05) is 13.2 Å². The normalized spacial score (nSPS) is 23.7. The van der Waals surface area contributed by atoms with Gasteiger partial charge in [-0.05, 0) is 69.6 Å². The van der Waals surface area contributed by atoms with Gasteiger partial charge >= 0.3 is 7.12 Å². The minimum atomic E-state index is -0.424. The molecule has 0 atom stereocenters. The fraction of sp³-hybridized carbons (Fsp3) is 0.611. The Balaban J connectivity index is 1.92. The first-order chi connectivity index (χ1) is 10.8. The van der Waals surface area contributed by atoms with Crippen LogP contribution in [-0.4, -0.2) is 31.5 Å². The first-order valence-corrected chi connectivity index (χ1v) is 8.31. The lowest BCUT2D eigenvalue weighted by molar-refractivity contribution is 0.00578. The molecule has 0 N–H and O–H groups in total. The Kier molecular flexibility index (Phi) is 4.26. The van der Waals surface area contributed by atoms with Crippen molar-refractivity contribution >= 4 is 12.6 Å². The van der Waals surface area contributed by atoms with Crippen molar-refractivity contribution in [1.29, 1.82) is 5.26 Å². The molecule has 0 radical (unpaired) electrons. The largest absolute Gasteiger partial charge is 0.494 e. The highest BCUT2D eigenvalue weighted by molar-refractivity contribution is 6.62. The van der Waals surface area contributed by atoms with Crippen molar-refractivity contribution in [2.24, 2.45) is 0 Å². The molecule has 0 aromatic heterocycles. The van der Waals surface area contributed by atoms with Gasteiger partial charge in [0.15, 0.2) is 0 Å². The number of hydrogen-bond acceptors (Lipinski definition) is 4. The lowest BCUT2D eigenvalue weighted by Crippen LogP contribution is -2.41. The van der Waals surface area contributed by atoms with Gasteiger partial charge in [-0.25, -0.2) is 0 Å². The first-order valence-electron chi connectivity index (χ1n) is 8.31. The van der Waals surface area contributed by atoms with Gasteiger partial charge in [0.2, 0.25) is 0 Å². The van der Waals surface area contributed by atoms with Gasteiger partial charge < -0.3 is 14.0 Å². The first kappa shape index (κ1) is 16.5. The molecule has 0 saturated carbocycles. The van der Waals surface area contributed by atoms with E-state index in [9.17, 15) is 5.26 Å². The van der Waals surface area contributed by atoms with E-state index in [4.69, 9.17) is 14.0 Å². The molecular formula is C18H24BNO3. The van der Waals surface area contributed by atoms with E-state index in [2.05, 4.69) is 12.1 Å². The molecule has 0 spiro atoms. The van der Waals surface area contributed by atoms with Crippen molar-refractivity contribution < 1.29 is 14.0 Å². The van der Waals surface area contributed by atoms with E-state index in [1.54, 1.807) is 0 Å². The number of nitriles is 1. The third kappa shape index (κ3) is 3.17. The van der Waals surface area contributed by atoms with E-state index in [1.165, 1.54) is 5.56 Å². The SMILES string of the molecule is CC1(C)OB(c2cc(C#N)cc(C3CCOCC3)c2)OC1(C)C. The molecule has 122 valence electrons. The van der Waals surface area contributed by atoms with Crippen LogP contribution < -0.4 is 5.46 Å². The average molecular weight is 313 g/mol. The van der Waals surface area contributed by atoms with Crippen LogP contribution in [0.15, 0.2) is 18.2 Å². The van der Waals surface area contributed by atoms with Crippen LogP contribution in [0, 0.1) is 11.3 Å². The molecule has 0 amide bonds. The van der Waals surface area contributed by atoms with Crippen LogP contribution in [0.1, 0.15) is 57.6 Å². The minimum Gasteiger partial charge on any atom is -0.399 e. The molecule has 2 aliphatic heterocycles. The molecular weight excluding hydrogens is 289 g/mol. The van der Waals surface area contributed by atoms with E-state index >= 15 is 0 Å². The van der Waals surface area contributed by atoms with E-state index < -0.39 is 7.12 Å². The summed E-state index contributed by atoms with van der Waals surface area (Å²) in [7, 11) is -0.424. The van der Waals surface area contributed by atoms with Gasteiger partial charge in [-0.3, -0.25) is 0 Å². The Morgan fingerprint density at radius 1 is 1.04 bits per heavy atom. The number of rotatable bonds is 2. The van der Waals surface area contributed by atoms with E-state index in [0.29, 0.717) is 11.5 Å². The van der Waals surface area contributed by atoms with Crippen LogP contribution >= 0.6 is 0 Å². The summed E-state index contributed by atoms with van der Waals surface area (Å²) in [5.74, 6) is 0.443. The zero-order chi connectivity index (χ0) is 16.7. The number of nitrogens with zero attached hydrogens (tertiary/aromatic N) is 1. The smallest absolute Gasteiger partial charge is 0.399 e. The molecule has 2 aliphatic rings. The molecule has 2 saturated heterocycles. The van der Waals surface area contributed by atoms with Gasteiger partial charge in [0.05, 0.1) is 22.8 Å². The highest BCUT2D eigenvalue weighted by atomic mass is 16.7. The molecule has 23 heavy (non-hydrogen) atoms. The fourth-order valence-corrected chi connectivity index (χ4v) is 3.12. The summed E-state index contributed by atoms with van der Waals surface area (Å²) < 4.78 is 17.7. The Hall–Kier alpha value is -1.35.